The summed E-state index contributed by atoms with van der Waals surface area (Å²) in [5.74, 6) is -0.0294. The number of anilines is 1. The second kappa shape index (κ2) is 7.34. The molecule has 1 aromatic rings. The first kappa shape index (κ1) is 18.5. The summed E-state index contributed by atoms with van der Waals surface area (Å²) in [6.07, 6.45) is 2.49. The van der Waals surface area contributed by atoms with Gasteiger partial charge in [-0.2, -0.15) is 0 Å². The van der Waals surface area contributed by atoms with Crippen LogP contribution in [0, 0.1) is 11.3 Å². The number of hydrogen-bond donors (Lipinski definition) is 2. The molecule has 2 amide bonds. The molecule has 5 nitrogen and oxygen atoms in total. The molecule has 0 aliphatic heterocycles. The topological polar surface area (TPSA) is 69.6 Å². The SMILES string of the molecule is CN(CC1CCCC1O)C(=O)c1cccc(NC(=O)C(C)(C)C)c1. The van der Waals surface area contributed by atoms with Crippen LogP contribution in [0.1, 0.15) is 50.4 Å². The summed E-state index contributed by atoms with van der Waals surface area (Å²) >= 11 is 0. The van der Waals surface area contributed by atoms with Gasteiger partial charge in [0.2, 0.25) is 5.91 Å². The van der Waals surface area contributed by atoms with Crippen molar-refractivity contribution in [2.45, 2.75) is 46.1 Å². The predicted octanol–water partition coefficient (Wildman–Crippen LogP) is 2.90. The zero-order chi connectivity index (χ0) is 17.9. The highest BCUT2D eigenvalue weighted by Crippen LogP contribution is 2.26. The van der Waals surface area contributed by atoms with Crippen molar-refractivity contribution in [3.63, 3.8) is 0 Å². The lowest BCUT2D eigenvalue weighted by Crippen LogP contribution is -2.34. The second-order valence-electron chi connectivity index (χ2n) is 7.73. The number of benzene rings is 1. The van der Waals surface area contributed by atoms with Crippen LogP contribution in [0.25, 0.3) is 0 Å². The summed E-state index contributed by atoms with van der Waals surface area (Å²) in [7, 11) is 1.76. The Bertz CT molecular complexity index is 607. The van der Waals surface area contributed by atoms with Gasteiger partial charge in [0.1, 0.15) is 0 Å². The molecule has 0 spiro atoms. The fraction of sp³-hybridized carbons (Fsp3) is 0.579. The van der Waals surface area contributed by atoms with Gasteiger partial charge in [-0.25, -0.2) is 0 Å². The maximum Gasteiger partial charge on any atom is 0.253 e. The van der Waals surface area contributed by atoms with Gasteiger partial charge in [0.25, 0.3) is 5.91 Å². The van der Waals surface area contributed by atoms with Crippen molar-refractivity contribution < 1.29 is 14.7 Å². The van der Waals surface area contributed by atoms with Gasteiger partial charge < -0.3 is 15.3 Å². The van der Waals surface area contributed by atoms with E-state index < -0.39 is 5.41 Å². The summed E-state index contributed by atoms with van der Waals surface area (Å²) in [6.45, 7) is 6.09. The molecular formula is C19H28N2O3. The van der Waals surface area contributed by atoms with Crippen LogP contribution in [0.15, 0.2) is 24.3 Å². The molecular weight excluding hydrogens is 304 g/mol. The van der Waals surface area contributed by atoms with Gasteiger partial charge in [-0.1, -0.05) is 33.3 Å². The van der Waals surface area contributed by atoms with Crippen molar-refractivity contribution in [2.75, 3.05) is 18.9 Å². The largest absolute Gasteiger partial charge is 0.393 e. The molecule has 0 saturated heterocycles. The van der Waals surface area contributed by atoms with Gasteiger partial charge in [0, 0.05) is 36.2 Å². The van der Waals surface area contributed by atoms with E-state index in [1.54, 1.807) is 36.2 Å². The molecule has 5 heteroatoms. The molecule has 2 atom stereocenters. The van der Waals surface area contributed by atoms with Gasteiger partial charge in [0.05, 0.1) is 6.10 Å². The third-order valence-corrected chi connectivity index (χ3v) is 4.52. The highest BCUT2D eigenvalue weighted by atomic mass is 16.3. The van der Waals surface area contributed by atoms with E-state index in [9.17, 15) is 14.7 Å². The van der Waals surface area contributed by atoms with Gasteiger partial charge in [-0.15, -0.1) is 0 Å². The van der Waals surface area contributed by atoms with Crippen molar-refractivity contribution in [3.05, 3.63) is 29.8 Å². The molecule has 0 aromatic heterocycles. The van der Waals surface area contributed by atoms with Gasteiger partial charge in [0.15, 0.2) is 0 Å². The monoisotopic (exact) mass is 332 g/mol. The van der Waals surface area contributed by atoms with Crippen LogP contribution in [-0.4, -0.2) is 41.5 Å². The standard InChI is InChI=1S/C19H28N2O3/c1-19(2,3)18(24)20-15-9-5-7-13(11-15)17(23)21(4)12-14-8-6-10-16(14)22/h5,7,9,11,14,16,22H,6,8,10,12H2,1-4H3,(H,20,24). The van der Waals surface area contributed by atoms with Crippen molar-refractivity contribution >= 4 is 17.5 Å². The number of carbonyl (C=O) groups excluding carboxylic acids is 2. The Labute approximate surface area is 144 Å². The fourth-order valence-electron chi connectivity index (χ4n) is 2.93. The lowest BCUT2D eigenvalue weighted by Gasteiger charge is -2.23. The highest BCUT2D eigenvalue weighted by Gasteiger charge is 2.28. The van der Waals surface area contributed by atoms with Gasteiger partial charge in [-0.3, -0.25) is 9.59 Å². The Hall–Kier alpha value is -1.88. The first-order valence-electron chi connectivity index (χ1n) is 8.53. The summed E-state index contributed by atoms with van der Waals surface area (Å²) in [4.78, 5) is 26.3. The summed E-state index contributed by atoms with van der Waals surface area (Å²) in [5.41, 5.74) is 0.668. The predicted molar refractivity (Wildman–Crippen MR) is 94.8 cm³/mol. The number of carbonyl (C=O) groups is 2. The van der Waals surface area contributed by atoms with E-state index in [-0.39, 0.29) is 23.8 Å². The maximum absolute atomic E-state index is 12.6. The molecule has 0 radical (unpaired) electrons. The number of amides is 2. The molecule has 1 aliphatic rings. The highest BCUT2D eigenvalue weighted by molar-refractivity contribution is 5.98. The van der Waals surface area contributed by atoms with Crippen LogP contribution < -0.4 is 5.32 Å². The van der Waals surface area contributed by atoms with Gasteiger partial charge >= 0.3 is 0 Å². The van der Waals surface area contributed by atoms with E-state index in [2.05, 4.69) is 5.32 Å². The Balaban J connectivity index is 2.04. The van der Waals surface area contributed by atoms with Crippen LogP contribution >= 0.6 is 0 Å². The first-order valence-corrected chi connectivity index (χ1v) is 8.53. The van der Waals surface area contributed by atoms with E-state index in [0.717, 1.165) is 19.3 Å². The zero-order valence-electron chi connectivity index (χ0n) is 15.0. The van der Waals surface area contributed by atoms with Crippen LogP contribution in [0.2, 0.25) is 0 Å². The molecule has 0 heterocycles. The second-order valence-corrected chi connectivity index (χ2v) is 7.73. The average Bonchev–Trinajstić information content (AvgIpc) is 2.91. The van der Waals surface area contributed by atoms with Crippen LogP contribution in [0.3, 0.4) is 0 Å². The van der Waals surface area contributed by atoms with Crippen molar-refractivity contribution in [3.8, 4) is 0 Å². The van der Waals surface area contributed by atoms with E-state index in [1.165, 1.54) is 0 Å². The number of nitrogens with one attached hydrogen (secondary N) is 1. The summed E-state index contributed by atoms with van der Waals surface area (Å²) < 4.78 is 0. The Morgan fingerprint density at radius 3 is 2.58 bits per heavy atom. The Kier molecular flexibility index (Phi) is 5.65. The van der Waals surface area contributed by atoms with Crippen LogP contribution in [0.4, 0.5) is 5.69 Å². The Morgan fingerprint density at radius 1 is 1.29 bits per heavy atom. The number of nitrogens with zero attached hydrogens (tertiary/aromatic N) is 1. The van der Waals surface area contributed by atoms with Crippen molar-refractivity contribution in [1.29, 1.82) is 0 Å². The molecule has 1 aliphatic carbocycles. The third kappa shape index (κ3) is 4.57. The molecule has 2 unspecified atom stereocenters. The normalized spacial score (nSPS) is 20.7. The molecule has 2 rings (SSSR count). The molecule has 24 heavy (non-hydrogen) atoms. The van der Waals surface area contributed by atoms with E-state index >= 15 is 0 Å². The molecule has 1 fully saturated rings. The van der Waals surface area contributed by atoms with Crippen molar-refractivity contribution in [1.82, 2.24) is 4.90 Å². The minimum absolute atomic E-state index is 0.0884. The minimum Gasteiger partial charge on any atom is -0.393 e. The van der Waals surface area contributed by atoms with Crippen LogP contribution in [-0.2, 0) is 4.79 Å². The summed E-state index contributed by atoms with van der Waals surface area (Å²) in [6, 6.07) is 7.00. The van der Waals surface area contributed by atoms with E-state index in [4.69, 9.17) is 0 Å². The van der Waals surface area contributed by atoms with E-state index in [1.807, 2.05) is 20.8 Å². The maximum atomic E-state index is 12.6. The number of aliphatic hydroxyl groups excluding tert-OH is 1. The van der Waals surface area contributed by atoms with Crippen molar-refractivity contribution in [2.24, 2.45) is 11.3 Å². The molecule has 1 saturated carbocycles. The Morgan fingerprint density at radius 2 is 2.00 bits per heavy atom. The number of aliphatic hydroxyl groups is 1. The lowest BCUT2D eigenvalue weighted by molar-refractivity contribution is -0.123. The lowest BCUT2D eigenvalue weighted by atomic mass is 9.95. The molecule has 2 N–H and O–H groups in total. The fourth-order valence-corrected chi connectivity index (χ4v) is 2.93. The number of hydrogen-bond acceptors (Lipinski definition) is 3. The average molecular weight is 332 g/mol. The van der Waals surface area contributed by atoms with Gasteiger partial charge in [-0.05, 0) is 31.0 Å². The zero-order valence-corrected chi connectivity index (χ0v) is 15.0. The third-order valence-electron chi connectivity index (χ3n) is 4.52. The van der Waals surface area contributed by atoms with Crippen LogP contribution in [0.5, 0.6) is 0 Å². The minimum atomic E-state index is -0.491. The molecule has 132 valence electrons. The molecule has 0 bridgehead atoms. The first-order chi connectivity index (χ1) is 11.2. The smallest absolute Gasteiger partial charge is 0.253 e. The number of rotatable bonds is 4. The van der Waals surface area contributed by atoms with E-state index in [0.29, 0.717) is 17.8 Å². The molecule has 1 aromatic carbocycles. The quantitative estimate of drug-likeness (QED) is 0.891. The summed E-state index contributed by atoms with van der Waals surface area (Å²) in [5, 5.41) is 12.8.